The van der Waals surface area contributed by atoms with E-state index in [9.17, 15) is 9.59 Å². The average molecular weight is 267 g/mol. The van der Waals surface area contributed by atoms with Crippen LogP contribution in [0.15, 0.2) is 6.20 Å². The fraction of sp³-hybridized carbons (Fsp3) is 0.583. The Labute approximate surface area is 112 Å². The van der Waals surface area contributed by atoms with Gasteiger partial charge in [0.05, 0.1) is 5.69 Å². The van der Waals surface area contributed by atoms with Crippen molar-refractivity contribution in [3.63, 3.8) is 0 Å². The Bertz CT molecular complexity index is 467. The number of nitrogens with two attached hydrogens (primary N) is 1. The van der Waals surface area contributed by atoms with E-state index in [2.05, 4.69) is 15.7 Å². The summed E-state index contributed by atoms with van der Waals surface area (Å²) in [6.07, 6.45) is 1.59. The van der Waals surface area contributed by atoms with Gasteiger partial charge in [-0.3, -0.25) is 14.3 Å². The van der Waals surface area contributed by atoms with Gasteiger partial charge < -0.3 is 16.4 Å². The Morgan fingerprint density at radius 2 is 2.00 bits per heavy atom. The Morgan fingerprint density at radius 3 is 2.47 bits per heavy atom. The lowest BCUT2D eigenvalue weighted by molar-refractivity contribution is -0.123. The Hall–Kier alpha value is -2.05. The van der Waals surface area contributed by atoms with Gasteiger partial charge in [0.15, 0.2) is 5.69 Å². The summed E-state index contributed by atoms with van der Waals surface area (Å²) < 4.78 is 1.57. The molecule has 0 aliphatic heterocycles. The maximum Gasteiger partial charge on any atom is 0.274 e. The third-order valence-corrected chi connectivity index (χ3v) is 2.50. The van der Waals surface area contributed by atoms with Crippen molar-refractivity contribution in [3.8, 4) is 0 Å². The van der Waals surface area contributed by atoms with E-state index in [-0.39, 0.29) is 17.6 Å². The number of rotatable bonds is 5. The molecule has 4 N–H and O–H groups in total. The first-order valence-electron chi connectivity index (χ1n) is 6.29. The van der Waals surface area contributed by atoms with Crippen molar-refractivity contribution >= 4 is 17.5 Å². The van der Waals surface area contributed by atoms with Crippen LogP contribution >= 0.6 is 0 Å². The highest BCUT2D eigenvalue weighted by molar-refractivity contribution is 5.99. The van der Waals surface area contributed by atoms with E-state index in [0.717, 1.165) is 0 Å². The number of carbonyl (C=O) groups excluding carboxylic acids is 2. The quantitative estimate of drug-likeness (QED) is 0.705. The number of nitrogens with zero attached hydrogens (tertiary/aromatic N) is 2. The Balaban J connectivity index is 2.68. The molecule has 0 radical (unpaired) electrons. The largest absolute Gasteiger partial charge is 0.396 e. The molecule has 0 bridgehead atoms. The third kappa shape index (κ3) is 3.97. The number of amides is 2. The molecule has 1 aromatic heterocycles. The first kappa shape index (κ1) is 15.0. The van der Waals surface area contributed by atoms with Gasteiger partial charge in [0, 0.05) is 18.8 Å². The van der Waals surface area contributed by atoms with Gasteiger partial charge in [0.25, 0.3) is 5.91 Å². The normalized spacial score (nSPS) is 12.3. The maximum atomic E-state index is 11.9. The van der Waals surface area contributed by atoms with Crippen LogP contribution in [0.3, 0.4) is 0 Å². The summed E-state index contributed by atoms with van der Waals surface area (Å²) in [5, 5.41) is 9.34. The minimum atomic E-state index is -0.638. The lowest BCUT2D eigenvalue weighted by Crippen LogP contribution is -2.47. The van der Waals surface area contributed by atoms with Gasteiger partial charge in [0.1, 0.15) is 6.04 Å². The second-order valence-electron chi connectivity index (χ2n) is 4.65. The molecular formula is C12H21N5O2. The molecule has 1 atom stereocenters. The number of nitrogen functional groups attached to an aromatic ring is 1. The summed E-state index contributed by atoms with van der Waals surface area (Å²) in [6.45, 7) is 7.84. The lowest BCUT2D eigenvalue weighted by Gasteiger charge is -2.15. The number of carbonyl (C=O) groups is 2. The van der Waals surface area contributed by atoms with E-state index in [4.69, 9.17) is 5.73 Å². The average Bonchev–Trinajstić information content (AvgIpc) is 2.69. The number of anilines is 1. The van der Waals surface area contributed by atoms with Gasteiger partial charge in [-0.05, 0) is 27.7 Å². The molecule has 0 fully saturated rings. The van der Waals surface area contributed by atoms with Gasteiger partial charge in [-0.1, -0.05) is 0 Å². The predicted octanol–water partition coefficient (Wildman–Crippen LogP) is 0.128. The first-order valence-corrected chi connectivity index (χ1v) is 6.29. The van der Waals surface area contributed by atoms with Crippen LogP contribution in [0.4, 0.5) is 5.69 Å². The third-order valence-electron chi connectivity index (χ3n) is 2.50. The molecule has 1 unspecified atom stereocenters. The molecule has 0 aliphatic rings. The summed E-state index contributed by atoms with van der Waals surface area (Å²) >= 11 is 0. The zero-order chi connectivity index (χ0) is 14.6. The minimum Gasteiger partial charge on any atom is -0.396 e. The van der Waals surface area contributed by atoms with Gasteiger partial charge >= 0.3 is 0 Å². The molecule has 0 saturated heterocycles. The molecule has 1 rings (SSSR count). The molecule has 1 heterocycles. The molecule has 2 amide bonds. The van der Waals surface area contributed by atoms with Crippen molar-refractivity contribution in [1.82, 2.24) is 20.4 Å². The van der Waals surface area contributed by atoms with Crippen LogP contribution < -0.4 is 16.4 Å². The van der Waals surface area contributed by atoms with Crippen LogP contribution in [0.25, 0.3) is 0 Å². The van der Waals surface area contributed by atoms with Crippen LogP contribution in [0.2, 0.25) is 0 Å². The number of nitrogens with one attached hydrogen (secondary N) is 2. The Kier molecular flexibility index (Phi) is 4.91. The molecular weight excluding hydrogens is 246 g/mol. The van der Waals surface area contributed by atoms with Crippen LogP contribution in [0, 0.1) is 0 Å². The van der Waals surface area contributed by atoms with E-state index in [0.29, 0.717) is 12.2 Å². The second-order valence-corrected chi connectivity index (χ2v) is 4.65. The lowest BCUT2D eigenvalue weighted by atomic mass is 10.2. The molecule has 0 aliphatic carbocycles. The SMILES string of the molecule is CCn1cc(N)c(C(=O)NC(C)C(=O)NC(C)C)n1. The summed E-state index contributed by atoms with van der Waals surface area (Å²) in [5.41, 5.74) is 6.15. The fourth-order valence-corrected chi connectivity index (χ4v) is 1.52. The monoisotopic (exact) mass is 267 g/mol. The van der Waals surface area contributed by atoms with Crippen LogP contribution in [0.1, 0.15) is 38.2 Å². The van der Waals surface area contributed by atoms with Gasteiger partial charge in [0.2, 0.25) is 5.91 Å². The highest BCUT2D eigenvalue weighted by atomic mass is 16.2. The predicted molar refractivity (Wildman–Crippen MR) is 72.5 cm³/mol. The molecule has 106 valence electrons. The van der Waals surface area contributed by atoms with Gasteiger partial charge in [-0.15, -0.1) is 0 Å². The molecule has 7 heteroatoms. The number of aryl methyl sites for hydroxylation is 1. The highest BCUT2D eigenvalue weighted by Gasteiger charge is 2.20. The minimum absolute atomic E-state index is 0.0243. The molecule has 1 aromatic rings. The maximum absolute atomic E-state index is 11.9. The Morgan fingerprint density at radius 1 is 1.37 bits per heavy atom. The molecule has 0 saturated carbocycles. The summed E-state index contributed by atoms with van der Waals surface area (Å²) in [6, 6.07) is -0.614. The van der Waals surface area contributed by atoms with E-state index in [1.165, 1.54) is 0 Å². The molecule has 0 aromatic carbocycles. The molecule has 0 spiro atoms. The highest BCUT2D eigenvalue weighted by Crippen LogP contribution is 2.08. The standard InChI is InChI=1S/C12H21N5O2/c1-5-17-6-9(13)10(16-17)12(19)15-8(4)11(18)14-7(2)3/h6-8H,5,13H2,1-4H3,(H,14,18)(H,15,19). The van der Waals surface area contributed by atoms with Crippen molar-refractivity contribution in [2.24, 2.45) is 0 Å². The van der Waals surface area contributed by atoms with Crippen molar-refractivity contribution in [2.75, 3.05) is 5.73 Å². The van der Waals surface area contributed by atoms with E-state index >= 15 is 0 Å². The van der Waals surface area contributed by atoms with Crippen LogP contribution in [-0.2, 0) is 11.3 Å². The molecule has 7 nitrogen and oxygen atoms in total. The zero-order valence-corrected chi connectivity index (χ0v) is 11.7. The van der Waals surface area contributed by atoms with Gasteiger partial charge in [-0.2, -0.15) is 5.10 Å². The van der Waals surface area contributed by atoms with Crippen molar-refractivity contribution in [1.29, 1.82) is 0 Å². The first-order chi connectivity index (χ1) is 8.85. The topological polar surface area (TPSA) is 102 Å². The number of hydrogen-bond donors (Lipinski definition) is 3. The van der Waals surface area contributed by atoms with Crippen LogP contribution in [-0.4, -0.2) is 33.7 Å². The fourth-order valence-electron chi connectivity index (χ4n) is 1.52. The van der Waals surface area contributed by atoms with Crippen molar-refractivity contribution < 1.29 is 9.59 Å². The van der Waals surface area contributed by atoms with E-state index in [1.54, 1.807) is 17.8 Å². The van der Waals surface area contributed by atoms with Crippen molar-refractivity contribution in [2.45, 2.75) is 46.3 Å². The van der Waals surface area contributed by atoms with E-state index < -0.39 is 11.9 Å². The second kappa shape index (κ2) is 6.21. The van der Waals surface area contributed by atoms with Crippen molar-refractivity contribution in [3.05, 3.63) is 11.9 Å². The number of aromatic nitrogens is 2. The summed E-state index contributed by atoms with van der Waals surface area (Å²) in [7, 11) is 0. The summed E-state index contributed by atoms with van der Waals surface area (Å²) in [4.78, 5) is 23.6. The smallest absolute Gasteiger partial charge is 0.274 e. The summed E-state index contributed by atoms with van der Waals surface area (Å²) in [5.74, 6) is -0.687. The molecule has 19 heavy (non-hydrogen) atoms. The van der Waals surface area contributed by atoms with Gasteiger partial charge in [-0.25, -0.2) is 0 Å². The number of hydrogen-bond acceptors (Lipinski definition) is 4. The van der Waals surface area contributed by atoms with E-state index in [1.807, 2.05) is 20.8 Å². The van der Waals surface area contributed by atoms with Crippen LogP contribution in [0.5, 0.6) is 0 Å². The zero-order valence-electron chi connectivity index (χ0n) is 11.7.